The molecule has 1 aromatic carbocycles. The number of rotatable bonds is 6. The number of aliphatic hydroxyl groups is 1. The molecular weight excluding hydrogens is 242 g/mol. The molecule has 1 aliphatic rings. The molecule has 1 fully saturated rings. The molecule has 0 aliphatic carbocycles. The van der Waals surface area contributed by atoms with E-state index in [2.05, 4.69) is 17.0 Å². The van der Waals surface area contributed by atoms with Gasteiger partial charge < -0.3 is 14.6 Å². The van der Waals surface area contributed by atoms with Gasteiger partial charge in [0.25, 0.3) is 0 Å². The minimum absolute atomic E-state index is 0.0571. The summed E-state index contributed by atoms with van der Waals surface area (Å²) in [6, 6.07) is 10.0. The van der Waals surface area contributed by atoms with Crippen molar-refractivity contribution < 1.29 is 14.6 Å². The van der Waals surface area contributed by atoms with Crippen LogP contribution in [0.2, 0.25) is 0 Å². The summed E-state index contributed by atoms with van der Waals surface area (Å²) in [5.41, 5.74) is 1.28. The first-order valence-corrected chi connectivity index (χ1v) is 6.81. The van der Waals surface area contributed by atoms with Crippen LogP contribution in [0.1, 0.15) is 12.0 Å². The van der Waals surface area contributed by atoms with Crippen molar-refractivity contribution in [2.75, 3.05) is 26.3 Å². The summed E-state index contributed by atoms with van der Waals surface area (Å²) in [4.78, 5) is 13.4. The second-order valence-electron chi connectivity index (χ2n) is 4.82. The molecule has 1 aromatic rings. The fraction of sp³-hybridized carbons (Fsp3) is 0.533. The van der Waals surface area contributed by atoms with Crippen molar-refractivity contribution in [3.05, 3.63) is 35.9 Å². The Morgan fingerprint density at radius 1 is 1.37 bits per heavy atom. The summed E-state index contributed by atoms with van der Waals surface area (Å²) in [5.74, 6) is 0. The Bertz CT molecular complexity index is 380. The molecular formula is C15H21NO3. The number of carbonyl (C=O) groups is 1. The van der Waals surface area contributed by atoms with E-state index in [1.807, 2.05) is 18.2 Å². The zero-order chi connectivity index (χ0) is 13.5. The largest absolute Gasteiger partial charge is 0.396 e. The zero-order valence-corrected chi connectivity index (χ0v) is 11.1. The summed E-state index contributed by atoms with van der Waals surface area (Å²) in [5, 5.41) is 9.01. The van der Waals surface area contributed by atoms with Gasteiger partial charge in [-0.25, -0.2) is 0 Å². The van der Waals surface area contributed by atoms with E-state index in [4.69, 9.17) is 9.84 Å². The van der Waals surface area contributed by atoms with Crippen LogP contribution in [-0.4, -0.2) is 54.7 Å². The van der Waals surface area contributed by atoms with Crippen LogP contribution in [0.3, 0.4) is 0 Å². The molecule has 2 atom stereocenters. The van der Waals surface area contributed by atoms with E-state index in [1.54, 1.807) is 0 Å². The van der Waals surface area contributed by atoms with Crippen LogP contribution in [0.15, 0.2) is 30.3 Å². The third kappa shape index (κ3) is 3.86. The lowest BCUT2D eigenvalue weighted by molar-refractivity contribution is -0.127. The van der Waals surface area contributed by atoms with E-state index in [-0.39, 0.29) is 18.8 Å². The van der Waals surface area contributed by atoms with E-state index in [1.165, 1.54) is 5.56 Å². The number of benzene rings is 1. The molecule has 1 N–H and O–H groups in total. The number of hydrogen-bond acceptors (Lipinski definition) is 4. The number of carbonyl (C=O) groups excluding carboxylic acids is 1. The van der Waals surface area contributed by atoms with Crippen molar-refractivity contribution in [1.82, 2.24) is 4.90 Å². The van der Waals surface area contributed by atoms with E-state index >= 15 is 0 Å². The highest BCUT2D eigenvalue weighted by atomic mass is 16.5. The average Bonchev–Trinajstić information content (AvgIpc) is 2.46. The Morgan fingerprint density at radius 2 is 2.16 bits per heavy atom. The van der Waals surface area contributed by atoms with E-state index < -0.39 is 0 Å². The minimum atomic E-state index is -0.232. The molecule has 1 saturated heterocycles. The number of hydrogen-bond donors (Lipinski definition) is 1. The molecule has 4 nitrogen and oxygen atoms in total. The predicted molar refractivity (Wildman–Crippen MR) is 73.0 cm³/mol. The normalized spacial score (nSPS) is 24.3. The average molecular weight is 263 g/mol. The van der Waals surface area contributed by atoms with Gasteiger partial charge in [-0.05, 0) is 18.4 Å². The molecule has 19 heavy (non-hydrogen) atoms. The van der Waals surface area contributed by atoms with Gasteiger partial charge in [0.1, 0.15) is 6.29 Å². The van der Waals surface area contributed by atoms with Crippen molar-refractivity contribution in [3.63, 3.8) is 0 Å². The third-order valence-corrected chi connectivity index (χ3v) is 3.60. The Labute approximate surface area is 114 Å². The van der Waals surface area contributed by atoms with Crippen LogP contribution in [0.5, 0.6) is 0 Å². The van der Waals surface area contributed by atoms with Gasteiger partial charge in [-0.1, -0.05) is 30.3 Å². The lowest BCUT2D eigenvalue weighted by Gasteiger charge is -2.38. The van der Waals surface area contributed by atoms with Gasteiger partial charge in [-0.2, -0.15) is 0 Å². The molecule has 0 radical (unpaired) electrons. The van der Waals surface area contributed by atoms with Crippen LogP contribution in [-0.2, 0) is 16.0 Å². The Hall–Kier alpha value is -1.23. The first-order chi connectivity index (χ1) is 9.35. The molecule has 1 heterocycles. The second-order valence-corrected chi connectivity index (χ2v) is 4.82. The van der Waals surface area contributed by atoms with E-state index in [0.29, 0.717) is 13.0 Å². The standard InChI is InChI=1S/C15H21NO3/c17-10-7-15-14(12-18)16(9-11-19-15)8-6-13-4-2-1-3-5-13/h1-5,12,14-15,17H,6-11H2. The fourth-order valence-electron chi connectivity index (χ4n) is 2.54. The van der Waals surface area contributed by atoms with Gasteiger partial charge in [0.05, 0.1) is 18.8 Å². The summed E-state index contributed by atoms with van der Waals surface area (Å²) in [7, 11) is 0. The highest BCUT2D eigenvalue weighted by Crippen LogP contribution is 2.16. The van der Waals surface area contributed by atoms with Crippen LogP contribution in [0, 0.1) is 0 Å². The third-order valence-electron chi connectivity index (χ3n) is 3.60. The number of aliphatic hydroxyl groups excluding tert-OH is 1. The highest BCUT2D eigenvalue weighted by molar-refractivity contribution is 5.59. The van der Waals surface area contributed by atoms with Crippen molar-refractivity contribution in [2.24, 2.45) is 0 Å². The quantitative estimate of drug-likeness (QED) is 0.774. The van der Waals surface area contributed by atoms with Crippen molar-refractivity contribution in [1.29, 1.82) is 0 Å². The number of aldehydes is 1. The molecule has 4 heteroatoms. The molecule has 0 bridgehead atoms. The molecule has 2 rings (SSSR count). The van der Waals surface area contributed by atoms with E-state index in [0.717, 1.165) is 25.8 Å². The molecule has 2 unspecified atom stereocenters. The maximum absolute atomic E-state index is 11.3. The van der Waals surface area contributed by atoms with Gasteiger partial charge >= 0.3 is 0 Å². The van der Waals surface area contributed by atoms with Gasteiger partial charge in [0.15, 0.2) is 0 Å². The SMILES string of the molecule is O=CC1C(CCO)OCCN1CCc1ccccc1. The van der Waals surface area contributed by atoms with Gasteiger partial charge in [-0.3, -0.25) is 4.90 Å². The molecule has 0 amide bonds. The van der Waals surface area contributed by atoms with Crippen LogP contribution in [0.4, 0.5) is 0 Å². The fourth-order valence-corrected chi connectivity index (χ4v) is 2.54. The number of morpholine rings is 1. The van der Waals surface area contributed by atoms with Crippen LogP contribution >= 0.6 is 0 Å². The monoisotopic (exact) mass is 263 g/mol. The van der Waals surface area contributed by atoms with Crippen molar-refractivity contribution in [3.8, 4) is 0 Å². The highest BCUT2D eigenvalue weighted by Gasteiger charge is 2.31. The van der Waals surface area contributed by atoms with Crippen molar-refractivity contribution >= 4 is 6.29 Å². The second kappa shape index (κ2) is 7.38. The molecule has 0 saturated carbocycles. The number of ether oxygens (including phenoxy) is 1. The van der Waals surface area contributed by atoms with Crippen LogP contribution < -0.4 is 0 Å². The summed E-state index contributed by atoms with van der Waals surface area (Å²) < 4.78 is 5.57. The maximum Gasteiger partial charge on any atom is 0.139 e. The summed E-state index contributed by atoms with van der Waals surface area (Å²) in [6.07, 6.45) is 2.22. The molecule has 0 spiro atoms. The maximum atomic E-state index is 11.3. The molecule has 0 aromatic heterocycles. The predicted octanol–water partition coefficient (Wildman–Crippen LogP) is 0.880. The topological polar surface area (TPSA) is 49.8 Å². The molecule has 104 valence electrons. The zero-order valence-electron chi connectivity index (χ0n) is 11.1. The van der Waals surface area contributed by atoms with Gasteiger partial charge in [0.2, 0.25) is 0 Å². The Balaban J connectivity index is 1.92. The summed E-state index contributed by atoms with van der Waals surface area (Å²) >= 11 is 0. The Kier molecular flexibility index (Phi) is 5.51. The van der Waals surface area contributed by atoms with E-state index in [9.17, 15) is 4.79 Å². The summed E-state index contributed by atoms with van der Waals surface area (Å²) in [6.45, 7) is 2.31. The lowest BCUT2D eigenvalue weighted by Crippen LogP contribution is -2.53. The van der Waals surface area contributed by atoms with Crippen LogP contribution in [0.25, 0.3) is 0 Å². The first kappa shape index (κ1) is 14.2. The van der Waals surface area contributed by atoms with Gasteiger partial charge in [-0.15, -0.1) is 0 Å². The number of nitrogens with zero attached hydrogens (tertiary/aromatic N) is 1. The van der Waals surface area contributed by atoms with Crippen molar-refractivity contribution in [2.45, 2.75) is 25.0 Å². The smallest absolute Gasteiger partial charge is 0.139 e. The lowest BCUT2D eigenvalue weighted by atomic mass is 10.0. The molecule has 1 aliphatic heterocycles. The Morgan fingerprint density at radius 3 is 2.84 bits per heavy atom. The minimum Gasteiger partial charge on any atom is -0.396 e. The first-order valence-electron chi connectivity index (χ1n) is 6.81. The van der Waals surface area contributed by atoms with Gasteiger partial charge in [0, 0.05) is 19.7 Å².